The molecule has 0 saturated carbocycles. The summed E-state index contributed by atoms with van der Waals surface area (Å²) in [6.07, 6.45) is 2.40. The van der Waals surface area contributed by atoms with Crippen LogP contribution in [0.15, 0.2) is 18.2 Å². The Morgan fingerprint density at radius 2 is 2.06 bits per heavy atom. The van der Waals surface area contributed by atoms with Gasteiger partial charge in [0.1, 0.15) is 0 Å². The molecule has 0 fully saturated rings. The number of hydrogen-bond donors (Lipinski definition) is 1. The van der Waals surface area contributed by atoms with Crippen molar-refractivity contribution in [2.45, 2.75) is 26.7 Å². The summed E-state index contributed by atoms with van der Waals surface area (Å²) in [5, 5.41) is 0.796. The Labute approximate surface area is 103 Å². The van der Waals surface area contributed by atoms with Crippen molar-refractivity contribution in [2.24, 2.45) is 5.73 Å². The molecule has 0 saturated heterocycles. The molecule has 0 unspecified atom stereocenters. The predicted molar refractivity (Wildman–Crippen MR) is 72.4 cm³/mol. The predicted octanol–water partition coefficient (Wildman–Crippen LogP) is 3.21. The average molecular weight is 241 g/mol. The van der Waals surface area contributed by atoms with E-state index in [-0.39, 0.29) is 0 Å². The van der Waals surface area contributed by atoms with E-state index in [4.69, 9.17) is 17.3 Å². The molecule has 3 heteroatoms. The second-order valence-corrected chi connectivity index (χ2v) is 4.50. The first kappa shape index (κ1) is 13.3. The summed E-state index contributed by atoms with van der Waals surface area (Å²) in [6, 6.07) is 6.04. The van der Waals surface area contributed by atoms with Crippen molar-refractivity contribution in [2.75, 3.05) is 24.5 Å². The fraction of sp³-hybridized carbons (Fsp3) is 0.538. The van der Waals surface area contributed by atoms with Crippen LogP contribution in [0.4, 0.5) is 5.69 Å². The van der Waals surface area contributed by atoms with Crippen LogP contribution >= 0.6 is 11.6 Å². The molecule has 0 aromatic heterocycles. The fourth-order valence-corrected chi connectivity index (χ4v) is 2.06. The number of unbranched alkanes of at least 4 members (excludes halogenated alkanes) is 1. The molecule has 0 aliphatic heterocycles. The molecule has 2 nitrogen and oxygen atoms in total. The number of nitrogens with two attached hydrogens (primary N) is 1. The molecule has 90 valence electrons. The number of halogens is 1. The Bertz CT molecular complexity index is 326. The highest BCUT2D eigenvalue weighted by Crippen LogP contribution is 2.23. The zero-order valence-electron chi connectivity index (χ0n) is 10.2. The summed E-state index contributed by atoms with van der Waals surface area (Å²) in [7, 11) is 0. The summed E-state index contributed by atoms with van der Waals surface area (Å²) in [5.74, 6) is 0. The quantitative estimate of drug-likeness (QED) is 0.828. The summed E-state index contributed by atoms with van der Waals surface area (Å²) in [6.45, 7) is 6.95. The van der Waals surface area contributed by atoms with E-state index in [1.54, 1.807) is 0 Å². The van der Waals surface area contributed by atoms with Gasteiger partial charge < -0.3 is 10.6 Å². The van der Waals surface area contributed by atoms with E-state index in [0.29, 0.717) is 6.54 Å². The van der Waals surface area contributed by atoms with Crippen LogP contribution in [0.5, 0.6) is 0 Å². The van der Waals surface area contributed by atoms with Crippen LogP contribution in [0.1, 0.15) is 25.3 Å². The molecule has 0 spiro atoms. The lowest BCUT2D eigenvalue weighted by Crippen LogP contribution is -2.30. The van der Waals surface area contributed by atoms with Gasteiger partial charge in [0.25, 0.3) is 0 Å². The Balaban J connectivity index is 2.82. The molecule has 1 aromatic rings. The third kappa shape index (κ3) is 3.69. The van der Waals surface area contributed by atoms with E-state index >= 15 is 0 Å². The van der Waals surface area contributed by atoms with Crippen molar-refractivity contribution < 1.29 is 0 Å². The maximum Gasteiger partial charge on any atom is 0.0410 e. The van der Waals surface area contributed by atoms with Gasteiger partial charge in [-0.15, -0.1) is 0 Å². The van der Waals surface area contributed by atoms with E-state index in [1.165, 1.54) is 24.1 Å². The lowest BCUT2D eigenvalue weighted by Gasteiger charge is -2.26. The normalized spacial score (nSPS) is 10.5. The van der Waals surface area contributed by atoms with Crippen LogP contribution in [0, 0.1) is 6.92 Å². The maximum absolute atomic E-state index is 5.96. The van der Waals surface area contributed by atoms with Crippen molar-refractivity contribution in [3.8, 4) is 0 Å². The van der Waals surface area contributed by atoms with E-state index in [0.717, 1.165) is 18.1 Å². The van der Waals surface area contributed by atoms with Crippen LogP contribution in [0.2, 0.25) is 5.02 Å². The monoisotopic (exact) mass is 240 g/mol. The van der Waals surface area contributed by atoms with E-state index in [2.05, 4.69) is 24.8 Å². The van der Waals surface area contributed by atoms with Crippen LogP contribution in [0.3, 0.4) is 0 Å². The molecule has 0 heterocycles. The molecule has 16 heavy (non-hydrogen) atoms. The minimum absolute atomic E-state index is 0.686. The van der Waals surface area contributed by atoms with Gasteiger partial charge in [-0.25, -0.2) is 0 Å². The Hall–Kier alpha value is -0.730. The number of benzene rings is 1. The van der Waals surface area contributed by atoms with Crippen LogP contribution < -0.4 is 10.6 Å². The molecule has 0 aliphatic rings. The van der Waals surface area contributed by atoms with E-state index in [9.17, 15) is 0 Å². The Kier molecular flexibility index (Phi) is 5.64. The highest BCUT2D eigenvalue weighted by molar-refractivity contribution is 6.30. The fourth-order valence-electron chi connectivity index (χ4n) is 1.83. The first-order chi connectivity index (χ1) is 7.69. The molecular weight excluding hydrogens is 220 g/mol. The summed E-state index contributed by atoms with van der Waals surface area (Å²) < 4.78 is 0. The number of nitrogens with zero attached hydrogens (tertiary/aromatic N) is 1. The highest BCUT2D eigenvalue weighted by atomic mass is 35.5. The third-order valence-corrected chi connectivity index (χ3v) is 2.92. The number of hydrogen-bond acceptors (Lipinski definition) is 2. The average Bonchev–Trinajstić information content (AvgIpc) is 2.25. The first-order valence-electron chi connectivity index (χ1n) is 5.90. The second-order valence-electron chi connectivity index (χ2n) is 4.06. The summed E-state index contributed by atoms with van der Waals surface area (Å²) in [5.41, 5.74) is 8.12. The Morgan fingerprint density at radius 3 is 2.62 bits per heavy atom. The van der Waals surface area contributed by atoms with Crippen LogP contribution in [0.25, 0.3) is 0 Å². The standard InChI is InChI=1S/C13H21ClN2/c1-3-4-8-16(9-7-15)13-6-5-12(14)10-11(13)2/h5-6,10H,3-4,7-9,15H2,1-2H3. The molecule has 2 N–H and O–H groups in total. The van der Waals surface area contributed by atoms with Gasteiger partial charge in [-0.3, -0.25) is 0 Å². The molecule has 0 atom stereocenters. The zero-order valence-corrected chi connectivity index (χ0v) is 10.9. The van der Waals surface area contributed by atoms with Crippen molar-refractivity contribution in [1.82, 2.24) is 0 Å². The zero-order chi connectivity index (χ0) is 12.0. The molecule has 0 radical (unpaired) electrons. The third-order valence-electron chi connectivity index (χ3n) is 2.68. The van der Waals surface area contributed by atoms with Crippen molar-refractivity contribution >= 4 is 17.3 Å². The Morgan fingerprint density at radius 1 is 1.31 bits per heavy atom. The summed E-state index contributed by atoms with van der Waals surface area (Å²) in [4.78, 5) is 2.34. The minimum atomic E-state index is 0.686. The number of rotatable bonds is 6. The molecule has 0 bridgehead atoms. The van der Waals surface area contributed by atoms with Crippen molar-refractivity contribution in [3.05, 3.63) is 28.8 Å². The van der Waals surface area contributed by atoms with Gasteiger partial charge in [0, 0.05) is 30.3 Å². The van der Waals surface area contributed by atoms with Crippen molar-refractivity contribution in [3.63, 3.8) is 0 Å². The summed E-state index contributed by atoms with van der Waals surface area (Å²) >= 11 is 5.96. The molecular formula is C13H21ClN2. The molecule has 0 amide bonds. The molecule has 1 aromatic carbocycles. The highest BCUT2D eigenvalue weighted by Gasteiger charge is 2.08. The smallest absolute Gasteiger partial charge is 0.0410 e. The number of anilines is 1. The SMILES string of the molecule is CCCCN(CCN)c1ccc(Cl)cc1C. The topological polar surface area (TPSA) is 29.3 Å². The van der Waals surface area contributed by atoms with Gasteiger partial charge in [-0.2, -0.15) is 0 Å². The van der Waals surface area contributed by atoms with Gasteiger partial charge in [-0.1, -0.05) is 24.9 Å². The van der Waals surface area contributed by atoms with Gasteiger partial charge in [0.2, 0.25) is 0 Å². The van der Waals surface area contributed by atoms with Gasteiger partial charge in [-0.05, 0) is 37.1 Å². The lowest BCUT2D eigenvalue weighted by molar-refractivity contribution is 0.714. The molecule has 1 rings (SSSR count). The van der Waals surface area contributed by atoms with Crippen LogP contribution in [-0.2, 0) is 0 Å². The van der Waals surface area contributed by atoms with Gasteiger partial charge >= 0.3 is 0 Å². The molecule has 0 aliphatic carbocycles. The lowest BCUT2D eigenvalue weighted by atomic mass is 10.1. The second kappa shape index (κ2) is 6.77. The number of aryl methyl sites for hydroxylation is 1. The first-order valence-corrected chi connectivity index (χ1v) is 6.28. The van der Waals surface area contributed by atoms with E-state index < -0.39 is 0 Å². The largest absolute Gasteiger partial charge is 0.370 e. The minimum Gasteiger partial charge on any atom is -0.370 e. The van der Waals surface area contributed by atoms with E-state index in [1.807, 2.05) is 12.1 Å². The maximum atomic E-state index is 5.96. The van der Waals surface area contributed by atoms with Gasteiger partial charge in [0.05, 0.1) is 0 Å². The van der Waals surface area contributed by atoms with Gasteiger partial charge in [0.15, 0.2) is 0 Å². The van der Waals surface area contributed by atoms with Crippen molar-refractivity contribution in [1.29, 1.82) is 0 Å². The van der Waals surface area contributed by atoms with Crippen LogP contribution in [-0.4, -0.2) is 19.6 Å².